The third-order valence-corrected chi connectivity index (χ3v) is 7.44. The summed E-state index contributed by atoms with van der Waals surface area (Å²) in [7, 11) is -3.84. The monoisotopic (exact) mass is 488 g/mol. The third-order valence-electron chi connectivity index (χ3n) is 4.97. The first kappa shape index (κ1) is 20.6. The number of nitrogens with zero attached hydrogens (tertiary/aromatic N) is 1. The van der Waals surface area contributed by atoms with Gasteiger partial charge in [0.1, 0.15) is 5.82 Å². The minimum absolute atomic E-state index is 0.0284. The molecule has 4 rings (SSSR count). The Morgan fingerprint density at radius 1 is 1.07 bits per heavy atom. The smallest absolute Gasteiger partial charge is 0.264 e. The number of hydrogen-bond donors (Lipinski definition) is 1. The van der Waals surface area contributed by atoms with E-state index < -0.39 is 15.8 Å². The molecule has 30 heavy (non-hydrogen) atoms. The fourth-order valence-corrected chi connectivity index (χ4v) is 5.52. The molecule has 1 amide bonds. The average molecular weight is 489 g/mol. The molecule has 1 aliphatic rings. The van der Waals surface area contributed by atoms with Gasteiger partial charge in [-0.05, 0) is 85.6 Å². The molecule has 0 aromatic heterocycles. The summed E-state index contributed by atoms with van der Waals surface area (Å²) in [5.41, 5.74) is 2.42. The van der Waals surface area contributed by atoms with E-state index in [1.807, 2.05) is 19.1 Å². The van der Waals surface area contributed by atoms with Crippen LogP contribution in [0.15, 0.2) is 76.1 Å². The van der Waals surface area contributed by atoms with Gasteiger partial charge in [-0.2, -0.15) is 0 Å². The predicted octanol–water partition coefficient (Wildman–Crippen LogP) is 4.98. The number of hydrogen-bond acceptors (Lipinski definition) is 3. The highest BCUT2D eigenvalue weighted by Gasteiger charge is 2.36. The average Bonchev–Trinajstić information content (AvgIpc) is 3.05. The summed E-state index contributed by atoms with van der Waals surface area (Å²) in [5.74, 6) is -0.766. The van der Waals surface area contributed by atoms with Crippen molar-refractivity contribution in [3.8, 4) is 0 Å². The zero-order valence-electron chi connectivity index (χ0n) is 16.0. The van der Waals surface area contributed by atoms with E-state index in [2.05, 4.69) is 21.2 Å². The molecule has 0 radical (unpaired) electrons. The summed E-state index contributed by atoms with van der Waals surface area (Å²) < 4.78 is 41.7. The van der Waals surface area contributed by atoms with Gasteiger partial charge in [-0.1, -0.05) is 15.9 Å². The molecule has 0 fully saturated rings. The van der Waals surface area contributed by atoms with Gasteiger partial charge in [0.2, 0.25) is 0 Å². The van der Waals surface area contributed by atoms with Crippen molar-refractivity contribution in [2.24, 2.45) is 0 Å². The summed E-state index contributed by atoms with van der Waals surface area (Å²) in [6.45, 7) is 1.81. The Morgan fingerprint density at radius 2 is 1.73 bits per heavy atom. The molecule has 5 nitrogen and oxygen atoms in total. The van der Waals surface area contributed by atoms with Crippen molar-refractivity contribution in [1.82, 2.24) is 0 Å². The zero-order valence-corrected chi connectivity index (χ0v) is 18.4. The molecule has 0 spiro atoms. The Labute approximate surface area is 182 Å². The number of rotatable bonds is 4. The molecule has 1 atom stereocenters. The van der Waals surface area contributed by atoms with E-state index in [0.29, 0.717) is 23.4 Å². The maximum Gasteiger partial charge on any atom is 0.264 e. The molecule has 0 saturated carbocycles. The molecule has 1 heterocycles. The SMILES string of the molecule is C[C@H]1Cc2cc(C(=O)Nc3ccc(Br)cc3)ccc2N1S(=O)(=O)c1ccc(F)cc1. The van der Waals surface area contributed by atoms with Gasteiger partial charge in [0, 0.05) is 21.8 Å². The molecule has 0 saturated heterocycles. The van der Waals surface area contributed by atoms with Crippen molar-refractivity contribution < 1.29 is 17.6 Å². The highest BCUT2D eigenvalue weighted by molar-refractivity contribution is 9.10. The van der Waals surface area contributed by atoms with Crippen LogP contribution < -0.4 is 9.62 Å². The Balaban J connectivity index is 1.62. The number of fused-ring (bicyclic) bond motifs is 1. The molecular weight excluding hydrogens is 471 g/mol. The van der Waals surface area contributed by atoms with Gasteiger partial charge in [-0.15, -0.1) is 0 Å². The number of carbonyl (C=O) groups is 1. The summed E-state index contributed by atoms with van der Waals surface area (Å²) in [5, 5.41) is 2.83. The zero-order chi connectivity index (χ0) is 21.5. The molecule has 154 valence electrons. The molecule has 0 aliphatic carbocycles. The number of nitrogens with one attached hydrogen (secondary N) is 1. The lowest BCUT2D eigenvalue weighted by Crippen LogP contribution is -2.35. The second-order valence-electron chi connectivity index (χ2n) is 7.11. The van der Waals surface area contributed by atoms with E-state index in [1.165, 1.54) is 16.4 Å². The van der Waals surface area contributed by atoms with Crippen molar-refractivity contribution in [3.05, 3.63) is 88.1 Å². The molecule has 0 unspecified atom stereocenters. The van der Waals surface area contributed by atoms with Crippen LogP contribution in [0.2, 0.25) is 0 Å². The van der Waals surface area contributed by atoms with Crippen molar-refractivity contribution >= 4 is 43.2 Å². The third kappa shape index (κ3) is 3.85. The van der Waals surface area contributed by atoms with E-state index >= 15 is 0 Å². The first-order valence-corrected chi connectivity index (χ1v) is 11.5. The molecular formula is C22H18BrFN2O3S. The summed E-state index contributed by atoms with van der Waals surface area (Å²) in [6.07, 6.45) is 0.481. The summed E-state index contributed by atoms with van der Waals surface area (Å²) in [6, 6.07) is 16.7. The minimum Gasteiger partial charge on any atom is -0.322 e. The standard InChI is InChI=1S/C22H18BrFN2O3S/c1-14-12-16-13-15(22(27)25-19-7-3-17(23)4-8-19)2-11-21(16)26(14)30(28,29)20-9-5-18(24)6-10-20/h2-11,13-14H,12H2,1H3,(H,25,27)/t14-/m0/s1. The molecule has 8 heteroatoms. The van der Waals surface area contributed by atoms with Crippen LogP contribution in [-0.2, 0) is 16.4 Å². The quantitative estimate of drug-likeness (QED) is 0.562. The Morgan fingerprint density at radius 3 is 2.40 bits per heavy atom. The molecule has 3 aromatic rings. The second-order valence-corrected chi connectivity index (χ2v) is 9.84. The first-order valence-electron chi connectivity index (χ1n) is 9.25. The van der Waals surface area contributed by atoms with Gasteiger partial charge in [0.15, 0.2) is 0 Å². The van der Waals surface area contributed by atoms with Crippen LogP contribution in [0.1, 0.15) is 22.8 Å². The number of anilines is 2. The van der Waals surface area contributed by atoms with Gasteiger partial charge in [0.05, 0.1) is 10.6 Å². The molecule has 1 aliphatic heterocycles. The molecule has 3 aromatic carbocycles. The second kappa shape index (κ2) is 7.85. The largest absolute Gasteiger partial charge is 0.322 e. The number of carbonyl (C=O) groups excluding carboxylic acids is 1. The van der Waals surface area contributed by atoms with E-state index in [1.54, 1.807) is 30.3 Å². The van der Waals surface area contributed by atoms with Gasteiger partial charge < -0.3 is 5.32 Å². The van der Waals surface area contributed by atoms with Crippen LogP contribution in [0, 0.1) is 5.82 Å². The highest BCUT2D eigenvalue weighted by Crippen LogP contribution is 2.37. The van der Waals surface area contributed by atoms with Crippen LogP contribution >= 0.6 is 15.9 Å². The highest BCUT2D eigenvalue weighted by atomic mass is 79.9. The van der Waals surface area contributed by atoms with Crippen LogP contribution in [0.4, 0.5) is 15.8 Å². The van der Waals surface area contributed by atoms with Crippen LogP contribution in [0.5, 0.6) is 0 Å². The van der Waals surface area contributed by atoms with Crippen molar-refractivity contribution in [2.45, 2.75) is 24.3 Å². The Kier molecular flexibility index (Phi) is 5.38. The topological polar surface area (TPSA) is 66.5 Å². The fraction of sp³-hybridized carbons (Fsp3) is 0.136. The lowest BCUT2D eigenvalue weighted by molar-refractivity contribution is 0.102. The maximum atomic E-state index is 13.2. The van der Waals surface area contributed by atoms with Crippen LogP contribution in [0.25, 0.3) is 0 Å². The molecule has 1 N–H and O–H groups in total. The van der Waals surface area contributed by atoms with E-state index in [-0.39, 0.29) is 16.8 Å². The van der Waals surface area contributed by atoms with Gasteiger partial charge in [-0.25, -0.2) is 12.8 Å². The van der Waals surface area contributed by atoms with E-state index in [9.17, 15) is 17.6 Å². The Hall–Kier alpha value is -2.71. The minimum atomic E-state index is -3.84. The normalized spacial score (nSPS) is 15.7. The first-order chi connectivity index (χ1) is 14.3. The predicted molar refractivity (Wildman–Crippen MR) is 118 cm³/mol. The van der Waals surface area contributed by atoms with Crippen molar-refractivity contribution in [1.29, 1.82) is 0 Å². The van der Waals surface area contributed by atoms with Crippen LogP contribution in [-0.4, -0.2) is 20.4 Å². The van der Waals surface area contributed by atoms with E-state index in [4.69, 9.17) is 0 Å². The number of halogens is 2. The molecule has 0 bridgehead atoms. The van der Waals surface area contributed by atoms with Gasteiger partial charge >= 0.3 is 0 Å². The lowest BCUT2D eigenvalue weighted by atomic mass is 10.1. The number of sulfonamides is 1. The van der Waals surface area contributed by atoms with Gasteiger partial charge in [-0.3, -0.25) is 9.10 Å². The van der Waals surface area contributed by atoms with Crippen LogP contribution in [0.3, 0.4) is 0 Å². The lowest BCUT2D eigenvalue weighted by Gasteiger charge is -2.24. The number of benzene rings is 3. The van der Waals surface area contributed by atoms with E-state index in [0.717, 1.165) is 22.2 Å². The summed E-state index contributed by atoms with van der Waals surface area (Å²) >= 11 is 3.35. The maximum absolute atomic E-state index is 13.2. The van der Waals surface area contributed by atoms with Crippen molar-refractivity contribution in [2.75, 3.05) is 9.62 Å². The fourth-order valence-electron chi connectivity index (χ4n) is 3.57. The van der Waals surface area contributed by atoms with Gasteiger partial charge in [0.25, 0.3) is 15.9 Å². The number of amides is 1. The van der Waals surface area contributed by atoms with Crippen molar-refractivity contribution in [3.63, 3.8) is 0 Å². The summed E-state index contributed by atoms with van der Waals surface area (Å²) in [4.78, 5) is 12.7. The Bertz CT molecular complexity index is 1210.